The van der Waals surface area contributed by atoms with Gasteiger partial charge in [0.2, 0.25) is 5.95 Å². The van der Waals surface area contributed by atoms with Crippen molar-refractivity contribution in [2.75, 3.05) is 31.5 Å². The van der Waals surface area contributed by atoms with Crippen molar-refractivity contribution in [1.82, 2.24) is 20.2 Å². The number of nitrogens with zero attached hydrogens (tertiary/aromatic N) is 2. The van der Waals surface area contributed by atoms with Gasteiger partial charge in [0.05, 0.1) is 10.9 Å². The van der Waals surface area contributed by atoms with E-state index in [9.17, 15) is 9.59 Å². The number of carbonyl (C=O) groups excluding carboxylic acids is 1. The second kappa shape index (κ2) is 9.54. The van der Waals surface area contributed by atoms with E-state index in [0.717, 1.165) is 45.4 Å². The molecular formula is C23H27N5O2. The molecule has 156 valence electrons. The Labute approximate surface area is 175 Å². The molecule has 3 aromatic rings. The van der Waals surface area contributed by atoms with Crippen LogP contribution >= 0.6 is 0 Å². The molecule has 0 unspecified atom stereocenters. The molecule has 2 heterocycles. The van der Waals surface area contributed by atoms with Crippen LogP contribution in [0.15, 0.2) is 59.4 Å². The third-order valence-corrected chi connectivity index (χ3v) is 5.52. The molecule has 30 heavy (non-hydrogen) atoms. The number of fused-ring (bicyclic) bond motifs is 1. The van der Waals surface area contributed by atoms with Crippen LogP contribution in [0.5, 0.6) is 0 Å². The molecule has 1 aliphatic rings. The zero-order valence-corrected chi connectivity index (χ0v) is 16.9. The molecule has 1 aromatic heterocycles. The molecule has 1 saturated heterocycles. The third kappa shape index (κ3) is 5.04. The number of hydrogen-bond donors (Lipinski definition) is 3. The van der Waals surface area contributed by atoms with E-state index in [1.165, 1.54) is 0 Å². The highest BCUT2D eigenvalue weighted by molar-refractivity contribution is 5.94. The molecule has 0 aliphatic carbocycles. The summed E-state index contributed by atoms with van der Waals surface area (Å²) in [5.74, 6) is 0.524. The molecule has 7 nitrogen and oxygen atoms in total. The zero-order chi connectivity index (χ0) is 20.8. The lowest BCUT2D eigenvalue weighted by Gasteiger charge is -2.32. The Morgan fingerprint density at radius 3 is 2.60 bits per heavy atom. The fourth-order valence-corrected chi connectivity index (χ4v) is 3.84. The molecule has 0 spiro atoms. The van der Waals surface area contributed by atoms with Crippen molar-refractivity contribution in [2.45, 2.75) is 25.3 Å². The summed E-state index contributed by atoms with van der Waals surface area (Å²) in [6, 6.07) is 16.9. The van der Waals surface area contributed by atoms with Crippen molar-refractivity contribution in [3.63, 3.8) is 0 Å². The zero-order valence-electron chi connectivity index (χ0n) is 16.9. The van der Waals surface area contributed by atoms with E-state index in [4.69, 9.17) is 0 Å². The number of aromatic nitrogens is 2. The van der Waals surface area contributed by atoms with Gasteiger partial charge in [0.25, 0.3) is 11.5 Å². The van der Waals surface area contributed by atoms with Gasteiger partial charge in [0.15, 0.2) is 0 Å². The van der Waals surface area contributed by atoms with Crippen molar-refractivity contribution in [2.24, 2.45) is 0 Å². The number of rotatable bonds is 7. The maximum atomic E-state index is 12.3. The van der Waals surface area contributed by atoms with Crippen molar-refractivity contribution in [1.29, 1.82) is 0 Å². The van der Waals surface area contributed by atoms with Crippen LogP contribution in [0.3, 0.4) is 0 Å². The van der Waals surface area contributed by atoms with Gasteiger partial charge >= 0.3 is 0 Å². The van der Waals surface area contributed by atoms with Crippen molar-refractivity contribution in [3.8, 4) is 0 Å². The average molecular weight is 406 g/mol. The van der Waals surface area contributed by atoms with Crippen LogP contribution in [0.2, 0.25) is 0 Å². The topological polar surface area (TPSA) is 90.1 Å². The minimum absolute atomic E-state index is 0.00938. The second-order valence-electron chi connectivity index (χ2n) is 7.67. The van der Waals surface area contributed by atoms with Crippen molar-refractivity contribution < 1.29 is 4.79 Å². The number of amides is 1. The third-order valence-electron chi connectivity index (χ3n) is 5.52. The van der Waals surface area contributed by atoms with Gasteiger partial charge in [0.1, 0.15) is 0 Å². The number of para-hydroxylation sites is 1. The summed E-state index contributed by atoms with van der Waals surface area (Å²) in [5, 5.41) is 6.97. The van der Waals surface area contributed by atoms with Gasteiger partial charge in [-0.25, -0.2) is 4.98 Å². The van der Waals surface area contributed by atoms with Crippen LogP contribution in [0, 0.1) is 0 Å². The first kappa shape index (κ1) is 20.1. The quantitative estimate of drug-likeness (QED) is 0.526. The van der Waals surface area contributed by atoms with Crippen LogP contribution in [0.1, 0.15) is 29.6 Å². The Bertz CT molecular complexity index is 1040. The molecule has 7 heteroatoms. The molecule has 0 atom stereocenters. The lowest BCUT2D eigenvalue weighted by Crippen LogP contribution is -2.45. The minimum Gasteiger partial charge on any atom is -0.356 e. The number of piperidine rings is 1. The Morgan fingerprint density at radius 1 is 1.07 bits per heavy atom. The Balaban J connectivity index is 1.18. The number of hydrogen-bond acceptors (Lipinski definition) is 5. The van der Waals surface area contributed by atoms with Crippen LogP contribution in [0.4, 0.5) is 5.95 Å². The fraction of sp³-hybridized carbons (Fsp3) is 0.348. The number of anilines is 1. The van der Waals surface area contributed by atoms with Crippen LogP contribution in [0.25, 0.3) is 10.9 Å². The highest BCUT2D eigenvalue weighted by Crippen LogP contribution is 2.12. The maximum Gasteiger partial charge on any atom is 0.260 e. The minimum atomic E-state index is -0.122. The van der Waals surface area contributed by atoms with E-state index < -0.39 is 0 Å². The molecule has 1 fully saturated rings. The maximum absolute atomic E-state index is 12.3. The smallest absolute Gasteiger partial charge is 0.260 e. The van der Waals surface area contributed by atoms with E-state index in [0.29, 0.717) is 22.4 Å². The summed E-state index contributed by atoms with van der Waals surface area (Å²) < 4.78 is 0. The van der Waals surface area contributed by atoms with Gasteiger partial charge in [0, 0.05) is 31.2 Å². The predicted octanol–water partition coefficient (Wildman–Crippen LogP) is 2.62. The van der Waals surface area contributed by atoms with Gasteiger partial charge in [-0.2, -0.15) is 0 Å². The van der Waals surface area contributed by atoms with Gasteiger partial charge < -0.3 is 15.5 Å². The molecule has 1 amide bonds. The first-order valence-corrected chi connectivity index (χ1v) is 10.5. The predicted molar refractivity (Wildman–Crippen MR) is 119 cm³/mol. The molecule has 3 N–H and O–H groups in total. The van der Waals surface area contributed by atoms with Crippen LogP contribution < -0.4 is 16.2 Å². The lowest BCUT2D eigenvalue weighted by atomic mass is 10.0. The number of H-pyrrole nitrogens is 1. The van der Waals surface area contributed by atoms with E-state index in [1.807, 2.05) is 48.5 Å². The summed E-state index contributed by atoms with van der Waals surface area (Å²) in [7, 11) is 0. The van der Waals surface area contributed by atoms with Gasteiger partial charge in [-0.3, -0.25) is 14.6 Å². The molecule has 0 bridgehead atoms. The lowest BCUT2D eigenvalue weighted by molar-refractivity contribution is 0.0911. The molecule has 1 aliphatic heterocycles. The number of nitrogens with one attached hydrogen (secondary N) is 3. The number of likely N-dealkylation sites (tertiary alicyclic amines) is 1. The Hall–Kier alpha value is -3.19. The molecular weight excluding hydrogens is 378 g/mol. The SMILES string of the molecule is O=C(NC1CCN(CCCNc2nc3ccccc3c(=O)[nH]2)CC1)c1ccccc1. The van der Waals surface area contributed by atoms with Gasteiger partial charge in [-0.1, -0.05) is 30.3 Å². The molecule has 2 aromatic carbocycles. The number of benzene rings is 2. The second-order valence-corrected chi connectivity index (χ2v) is 7.67. The monoisotopic (exact) mass is 405 g/mol. The first-order chi connectivity index (χ1) is 14.7. The summed E-state index contributed by atoms with van der Waals surface area (Å²) in [5.41, 5.74) is 1.29. The van der Waals surface area contributed by atoms with E-state index in [2.05, 4.69) is 25.5 Å². The first-order valence-electron chi connectivity index (χ1n) is 10.5. The van der Waals surface area contributed by atoms with E-state index >= 15 is 0 Å². The average Bonchev–Trinajstić information content (AvgIpc) is 2.78. The number of aromatic amines is 1. The van der Waals surface area contributed by atoms with Gasteiger partial charge in [-0.05, 0) is 50.1 Å². The highest BCUT2D eigenvalue weighted by Gasteiger charge is 2.20. The standard InChI is InChI=1S/C23H27N5O2/c29-21(17-7-2-1-3-8-17)25-18-11-15-28(16-12-18)14-6-13-24-23-26-20-10-5-4-9-19(20)22(30)27-23/h1-5,7-10,18H,6,11-16H2,(H,25,29)(H2,24,26,27,30). The van der Waals surface area contributed by atoms with Crippen LogP contribution in [-0.4, -0.2) is 53.0 Å². The summed E-state index contributed by atoms with van der Waals surface area (Å²) >= 11 is 0. The summed E-state index contributed by atoms with van der Waals surface area (Å²) in [4.78, 5) is 34.1. The van der Waals surface area contributed by atoms with Crippen LogP contribution in [-0.2, 0) is 0 Å². The molecule has 0 radical (unpaired) electrons. The molecule has 4 rings (SSSR count). The molecule has 0 saturated carbocycles. The highest BCUT2D eigenvalue weighted by atomic mass is 16.1. The van der Waals surface area contributed by atoms with Crippen molar-refractivity contribution >= 4 is 22.8 Å². The summed E-state index contributed by atoms with van der Waals surface area (Å²) in [6.07, 6.45) is 2.88. The Kier molecular flexibility index (Phi) is 6.39. The van der Waals surface area contributed by atoms with E-state index in [-0.39, 0.29) is 17.5 Å². The Morgan fingerprint density at radius 2 is 1.80 bits per heavy atom. The summed E-state index contributed by atoms with van der Waals surface area (Å²) in [6.45, 7) is 3.67. The van der Waals surface area contributed by atoms with Crippen molar-refractivity contribution in [3.05, 3.63) is 70.5 Å². The largest absolute Gasteiger partial charge is 0.356 e. The normalized spacial score (nSPS) is 15.2. The van der Waals surface area contributed by atoms with E-state index in [1.54, 1.807) is 6.07 Å². The fourth-order valence-electron chi connectivity index (χ4n) is 3.84. The van der Waals surface area contributed by atoms with Gasteiger partial charge in [-0.15, -0.1) is 0 Å². The number of carbonyl (C=O) groups is 1.